The highest BCUT2D eigenvalue weighted by atomic mass is 32.2. The molecule has 1 aliphatic heterocycles. The summed E-state index contributed by atoms with van der Waals surface area (Å²) in [5, 5.41) is 9.15. The van der Waals surface area contributed by atoms with Gasteiger partial charge in [0.1, 0.15) is 10.7 Å². The van der Waals surface area contributed by atoms with E-state index in [2.05, 4.69) is 28.9 Å². The number of hydrogen-bond acceptors (Lipinski definition) is 6. The SMILES string of the molecule is Cc1nn(CC(C)C)cc1S(=O)(=O)N1CCC(c2cc(-c3ccc(F)cc3)nn2-c2ncccn2)CC1. The van der Waals surface area contributed by atoms with Crippen molar-refractivity contribution < 1.29 is 12.8 Å². The predicted octanol–water partition coefficient (Wildman–Crippen LogP) is 4.20. The summed E-state index contributed by atoms with van der Waals surface area (Å²) in [4.78, 5) is 9.00. The Balaban J connectivity index is 1.40. The molecule has 0 N–H and O–H groups in total. The Morgan fingerprint density at radius 2 is 1.73 bits per heavy atom. The van der Waals surface area contributed by atoms with Crippen molar-refractivity contribution in [3.63, 3.8) is 0 Å². The first-order valence-electron chi connectivity index (χ1n) is 12.4. The molecule has 0 saturated carbocycles. The van der Waals surface area contributed by atoms with Crippen LogP contribution in [0.3, 0.4) is 0 Å². The van der Waals surface area contributed by atoms with Crippen LogP contribution in [0.25, 0.3) is 17.2 Å². The van der Waals surface area contributed by atoms with E-state index in [1.165, 1.54) is 12.1 Å². The number of nitrogens with zero attached hydrogens (tertiary/aromatic N) is 7. The Bertz CT molecular complexity index is 1470. The Hall–Kier alpha value is -3.44. The van der Waals surface area contributed by atoms with Crippen LogP contribution in [-0.4, -0.2) is 55.3 Å². The van der Waals surface area contributed by atoms with Crippen LogP contribution in [0.2, 0.25) is 0 Å². The van der Waals surface area contributed by atoms with Crippen molar-refractivity contribution in [1.82, 2.24) is 33.8 Å². The number of aromatic nitrogens is 6. The zero-order chi connectivity index (χ0) is 26.2. The zero-order valence-electron chi connectivity index (χ0n) is 21.1. The molecule has 0 aliphatic carbocycles. The summed E-state index contributed by atoms with van der Waals surface area (Å²) >= 11 is 0. The highest BCUT2D eigenvalue weighted by Crippen LogP contribution is 2.34. The normalized spacial score (nSPS) is 15.5. The van der Waals surface area contributed by atoms with Crippen molar-refractivity contribution in [3.8, 4) is 17.2 Å². The van der Waals surface area contributed by atoms with E-state index in [0.29, 0.717) is 55.7 Å². The van der Waals surface area contributed by atoms with Gasteiger partial charge in [0.05, 0.1) is 17.1 Å². The van der Waals surface area contributed by atoms with Gasteiger partial charge in [-0.1, -0.05) is 13.8 Å². The Morgan fingerprint density at radius 1 is 1.05 bits per heavy atom. The first-order chi connectivity index (χ1) is 17.7. The lowest BCUT2D eigenvalue weighted by molar-refractivity contribution is 0.314. The molecule has 194 valence electrons. The lowest BCUT2D eigenvalue weighted by Gasteiger charge is -2.31. The van der Waals surface area contributed by atoms with E-state index in [9.17, 15) is 12.8 Å². The van der Waals surface area contributed by atoms with Gasteiger partial charge in [0.2, 0.25) is 10.0 Å². The number of sulfonamides is 1. The molecule has 1 fully saturated rings. The van der Waals surface area contributed by atoms with E-state index >= 15 is 0 Å². The zero-order valence-corrected chi connectivity index (χ0v) is 21.9. The highest BCUT2D eigenvalue weighted by Gasteiger charge is 2.34. The molecule has 0 bridgehead atoms. The summed E-state index contributed by atoms with van der Waals surface area (Å²) in [6, 6.07) is 9.90. The van der Waals surface area contributed by atoms with Crippen molar-refractivity contribution in [2.45, 2.75) is 51.0 Å². The summed E-state index contributed by atoms with van der Waals surface area (Å²) in [7, 11) is -3.65. The lowest BCUT2D eigenvalue weighted by Crippen LogP contribution is -2.38. The van der Waals surface area contributed by atoms with Crippen LogP contribution in [-0.2, 0) is 16.6 Å². The number of halogens is 1. The minimum Gasteiger partial charge on any atom is -0.271 e. The molecule has 1 aromatic carbocycles. The van der Waals surface area contributed by atoms with Crippen LogP contribution < -0.4 is 0 Å². The highest BCUT2D eigenvalue weighted by molar-refractivity contribution is 7.89. The Kier molecular flexibility index (Phi) is 6.91. The number of aryl methyl sites for hydroxylation is 1. The van der Waals surface area contributed by atoms with Crippen LogP contribution in [0.4, 0.5) is 4.39 Å². The number of benzene rings is 1. The van der Waals surface area contributed by atoms with Crippen LogP contribution in [0, 0.1) is 18.7 Å². The largest absolute Gasteiger partial charge is 0.271 e. The van der Waals surface area contributed by atoms with E-state index in [1.54, 1.807) is 57.4 Å². The number of rotatable bonds is 7. The van der Waals surface area contributed by atoms with E-state index in [0.717, 1.165) is 11.3 Å². The van der Waals surface area contributed by atoms with Gasteiger partial charge in [-0.25, -0.2) is 27.5 Å². The second-order valence-corrected chi connectivity index (χ2v) is 11.7. The van der Waals surface area contributed by atoms with Crippen molar-refractivity contribution in [2.24, 2.45) is 5.92 Å². The van der Waals surface area contributed by atoms with Gasteiger partial charge in [0.15, 0.2) is 0 Å². The van der Waals surface area contributed by atoms with Gasteiger partial charge in [-0.15, -0.1) is 0 Å². The third-order valence-electron chi connectivity index (χ3n) is 6.56. The third kappa shape index (κ3) is 5.19. The van der Waals surface area contributed by atoms with Crippen LogP contribution in [0.15, 0.2) is 59.9 Å². The molecule has 4 aromatic rings. The summed E-state index contributed by atoms with van der Waals surface area (Å²) in [5.41, 5.74) is 2.89. The lowest BCUT2D eigenvalue weighted by atomic mass is 9.94. The minimum atomic E-state index is -3.65. The monoisotopic (exact) mass is 523 g/mol. The Labute approximate surface area is 216 Å². The summed E-state index contributed by atoms with van der Waals surface area (Å²) in [5.74, 6) is 0.549. The van der Waals surface area contributed by atoms with Gasteiger partial charge in [-0.2, -0.15) is 14.5 Å². The van der Waals surface area contributed by atoms with E-state index in [4.69, 9.17) is 5.10 Å². The molecule has 11 heteroatoms. The first kappa shape index (κ1) is 25.2. The van der Waals surface area contributed by atoms with E-state index in [-0.39, 0.29) is 16.6 Å². The molecular weight excluding hydrogens is 493 g/mol. The predicted molar refractivity (Wildman–Crippen MR) is 137 cm³/mol. The third-order valence-corrected chi connectivity index (χ3v) is 8.56. The number of hydrogen-bond donors (Lipinski definition) is 0. The fourth-order valence-electron chi connectivity index (χ4n) is 4.76. The van der Waals surface area contributed by atoms with Gasteiger partial charge >= 0.3 is 0 Å². The standard InChI is InChI=1S/C26H30FN7O2S/c1-18(2)16-32-17-25(19(3)30-32)37(35,36)33-13-9-21(10-14-33)24-15-23(20-5-7-22(27)8-6-20)31-34(24)26-28-11-4-12-29-26/h4-8,11-12,15,17-18,21H,9-10,13-14,16H2,1-3H3. The molecule has 0 atom stereocenters. The van der Waals surface area contributed by atoms with Crippen LogP contribution >= 0.6 is 0 Å². The maximum Gasteiger partial charge on any atom is 0.250 e. The molecule has 4 heterocycles. The molecule has 1 aliphatic rings. The molecular formula is C26H30FN7O2S. The summed E-state index contributed by atoms with van der Waals surface area (Å²) < 4.78 is 45.4. The van der Waals surface area contributed by atoms with Crippen molar-refractivity contribution in [3.05, 3.63) is 72.2 Å². The summed E-state index contributed by atoms with van der Waals surface area (Å²) in [6.45, 7) is 7.32. The average molecular weight is 524 g/mol. The van der Waals surface area contributed by atoms with Crippen molar-refractivity contribution >= 4 is 10.0 Å². The second-order valence-electron chi connectivity index (χ2n) is 9.79. The van der Waals surface area contributed by atoms with Crippen molar-refractivity contribution in [1.29, 1.82) is 0 Å². The molecule has 5 rings (SSSR count). The van der Waals surface area contributed by atoms with Gasteiger partial charge in [0, 0.05) is 49.7 Å². The van der Waals surface area contributed by atoms with E-state index in [1.807, 2.05) is 6.07 Å². The van der Waals surface area contributed by atoms with E-state index < -0.39 is 10.0 Å². The quantitative estimate of drug-likeness (QED) is 0.360. The van der Waals surface area contributed by atoms with Crippen LogP contribution in [0.5, 0.6) is 0 Å². The maximum atomic E-state index is 13.5. The second kappa shape index (κ2) is 10.1. The molecule has 0 radical (unpaired) electrons. The average Bonchev–Trinajstić information content (AvgIpc) is 3.49. The molecule has 9 nitrogen and oxygen atoms in total. The Morgan fingerprint density at radius 3 is 2.38 bits per heavy atom. The fraction of sp³-hybridized carbons (Fsp3) is 0.385. The van der Waals surface area contributed by atoms with Gasteiger partial charge in [-0.05, 0) is 62.1 Å². The van der Waals surface area contributed by atoms with Crippen molar-refractivity contribution in [2.75, 3.05) is 13.1 Å². The van der Waals surface area contributed by atoms with Gasteiger partial charge in [-0.3, -0.25) is 4.68 Å². The molecule has 0 unspecified atom stereocenters. The maximum absolute atomic E-state index is 13.5. The molecule has 0 amide bonds. The van der Waals surface area contributed by atoms with Crippen LogP contribution in [0.1, 0.15) is 44.0 Å². The molecule has 37 heavy (non-hydrogen) atoms. The smallest absolute Gasteiger partial charge is 0.250 e. The first-order valence-corrected chi connectivity index (χ1v) is 13.8. The molecule has 1 saturated heterocycles. The van der Waals surface area contributed by atoms with Gasteiger partial charge in [0.25, 0.3) is 5.95 Å². The minimum absolute atomic E-state index is 0.0571. The topological polar surface area (TPSA) is 98.8 Å². The fourth-order valence-corrected chi connectivity index (χ4v) is 6.40. The summed E-state index contributed by atoms with van der Waals surface area (Å²) in [6.07, 6.45) is 6.21. The van der Waals surface area contributed by atoms with Gasteiger partial charge < -0.3 is 0 Å². The number of piperidine rings is 1. The molecule has 3 aromatic heterocycles. The molecule has 0 spiro atoms.